The summed E-state index contributed by atoms with van der Waals surface area (Å²) in [7, 11) is 0. The van der Waals surface area contributed by atoms with Gasteiger partial charge in [-0.05, 0) is 29.3 Å². The highest BCUT2D eigenvalue weighted by Gasteiger charge is 2.17. The van der Waals surface area contributed by atoms with Crippen LogP contribution in [0.5, 0.6) is 0 Å². The molecule has 0 aliphatic rings. The maximum atomic E-state index is 12.6. The van der Waals surface area contributed by atoms with Gasteiger partial charge in [0.05, 0.1) is 33.4 Å². The second kappa shape index (κ2) is 7.23. The molecule has 0 atom stereocenters. The number of carbonyl (C=O) groups is 1. The van der Waals surface area contributed by atoms with E-state index in [0.717, 1.165) is 10.9 Å². The number of para-hydroxylation sites is 1. The average molecular weight is 373 g/mol. The zero-order chi connectivity index (χ0) is 18.0. The third-order valence-corrected chi connectivity index (χ3v) is 4.49. The molecule has 2 N–H and O–H groups in total. The minimum Gasteiger partial charge on any atom is -0.392 e. The van der Waals surface area contributed by atoms with E-state index < -0.39 is 5.91 Å². The molecule has 0 fully saturated rings. The smallest absolute Gasteiger partial charge is 0.258 e. The Kier molecular flexibility index (Phi) is 5.04. The molecule has 1 aromatic heterocycles. The standard InChI is InChI=1S/C19H14Cl2N2O2/c1-2-11-9-22-18-12(13(11)10-24)5-3-8-16(18)23-19(25)17-14(20)6-4-7-15(17)21/h2-9,24H,1,10H2,(H,23,25). The van der Waals surface area contributed by atoms with E-state index >= 15 is 0 Å². The normalized spacial score (nSPS) is 10.7. The summed E-state index contributed by atoms with van der Waals surface area (Å²) in [5.74, 6) is -0.428. The monoisotopic (exact) mass is 372 g/mol. The number of pyridine rings is 1. The molecule has 0 saturated heterocycles. The molecule has 6 heteroatoms. The third-order valence-electron chi connectivity index (χ3n) is 3.86. The van der Waals surface area contributed by atoms with Crippen LogP contribution in [-0.4, -0.2) is 16.0 Å². The number of aromatic nitrogens is 1. The molecule has 126 valence electrons. The predicted octanol–water partition coefficient (Wildman–Crippen LogP) is 4.93. The van der Waals surface area contributed by atoms with Crippen LogP contribution in [-0.2, 0) is 6.61 Å². The molecular weight excluding hydrogens is 359 g/mol. The fourth-order valence-corrected chi connectivity index (χ4v) is 3.22. The summed E-state index contributed by atoms with van der Waals surface area (Å²) in [6.07, 6.45) is 3.24. The number of fused-ring (bicyclic) bond motifs is 1. The number of nitrogens with one attached hydrogen (secondary N) is 1. The van der Waals surface area contributed by atoms with Crippen molar-refractivity contribution in [1.82, 2.24) is 4.98 Å². The lowest BCUT2D eigenvalue weighted by molar-refractivity contribution is 0.102. The molecule has 0 aliphatic carbocycles. The molecule has 0 unspecified atom stereocenters. The van der Waals surface area contributed by atoms with Crippen LogP contribution < -0.4 is 5.32 Å². The summed E-state index contributed by atoms with van der Waals surface area (Å²) in [5, 5.41) is 13.7. The number of benzene rings is 2. The number of anilines is 1. The molecule has 3 rings (SSSR count). The van der Waals surface area contributed by atoms with Crippen molar-refractivity contribution in [2.24, 2.45) is 0 Å². The molecule has 0 radical (unpaired) electrons. The molecule has 1 heterocycles. The molecule has 25 heavy (non-hydrogen) atoms. The van der Waals surface area contributed by atoms with Crippen LogP contribution in [0.1, 0.15) is 21.5 Å². The first-order valence-corrected chi connectivity index (χ1v) is 8.21. The topological polar surface area (TPSA) is 62.2 Å². The molecule has 0 aliphatic heterocycles. The van der Waals surface area contributed by atoms with Crippen molar-refractivity contribution in [3.63, 3.8) is 0 Å². The average Bonchev–Trinajstić information content (AvgIpc) is 2.60. The fourth-order valence-electron chi connectivity index (χ4n) is 2.65. The lowest BCUT2D eigenvalue weighted by atomic mass is 10.0. The van der Waals surface area contributed by atoms with Crippen molar-refractivity contribution in [3.8, 4) is 0 Å². The van der Waals surface area contributed by atoms with Crippen molar-refractivity contribution in [2.45, 2.75) is 6.61 Å². The Morgan fingerprint density at radius 2 is 1.88 bits per heavy atom. The molecule has 0 saturated carbocycles. The van der Waals surface area contributed by atoms with E-state index in [9.17, 15) is 9.90 Å². The van der Waals surface area contributed by atoms with Gasteiger partial charge in [0.1, 0.15) is 0 Å². The number of hydrogen-bond donors (Lipinski definition) is 2. The van der Waals surface area contributed by atoms with Gasteiger partial charge in [0.2, 0.25) is 0 Å². The second-order valence-corrected chi connectivity index (χ2v) is 6.12. The van der Waals surface area contributed by atoms with Crippen molar-refractivity contribution in [1.29, 1.82) is 0 Å². The van der Waals surface area contributed by atoms with Crippen molar-refractivity contribution in [3.05, 3.63) is 75.9 Å². The number of nitrogens with zero attached hydrogens (tertiary/aromatic N) is 1. The Balaban J connectivity index is 2.08. The number of carbonyl (C=O) groups excluding carboxylic acids is 1. The maximum absolute atomic E-state index is 12.6. The molecule has 4 nitrogen and oxygen atoms in total. The lowest BCUT2D eigenvalue weighted by Crippen LogP contribution is -2.14. The largest absolute Gasteiger partial charge is 0.392 e. The third kappa shape index (κ3) is 3.24. The first kappa shape index (κ1) is 17.4. The SMILES string of the molecule is C=Cc1cnc2c(NC(=O)c3c(Cl)cccc3Cl)cccc2c1CO. The van der Waals surface area contributed by atoms with Crippen LogP contribution in [0.15, 0.2) is 49.2 Å². The van der Waals surface area contributed by atoms with Gasteiger partial charge in [0.15, 0.2) is 0 Å². The second-order valence-electron chi connectivity index (χ2n) is 5.31. The number of rotatable bonds is 4. The number of aliphatic hydroxyl groups is 1. The zero-order valence-corrected chi connectivity index (χ0v) is 14.6. The Bertz CT molecular complexity index is 966. The van der Waals surface area contributed by atoms with Gasteiger partial charge in [-0.2, -0.15) is 0 Å². The number of hydrogen-bond acceptors (Lipinski definition) is 3. The van der Waals surface area contributed by atoms with E-state index in [-0.39, 0.29) is 22.2 Å². The van der Waals surface area contributed by atoms with Gasteiger partial charge in [-0.3, -0.25) is 9.78 Å². The lowest BCUT2D eigenvalue weighted by Gasteiger charge is -2.13. The molecule has 0 bridgehead atoms. The first-order valence-electron chi connectivity index (χ1n) is 7.46. The van der Waals surface area contributed by atoms with Gasteiger partial charge in [-0.15, -0.1) is 0 Å². The van der Waals surface area contributed by atoms with Crippen LogP contribution in [0, 0.1) is 0 Å². The van der Waals surface area contributed by atoms with Crippen LogP contribution in [0.4, 0.5) is 5.69 Å². The summed E-state index contributed by atoms with van der Waals surface area (Å²) >= 11 is 12.2. The van der Waals surface area contributed by atoms with Gasteiger partial charge in [0.25, 0.3) is 5.91 Å². The van der Waals surface area contributed by atoms with Crippen LogP contribution in [0.2, 0.25) is 10.0 Å². The highest BCUT2D eigenvalue weighted by molar-refractivity contribution is 6.40. The minimum absolute atomic E-state index is 0.159. The van der Waals surface area contributed by atoms with Gasteiger partial charge in [-0.25, -0.2) is 0 Å². The summed E-state index contributed by atoms with van der Waals surface area (Å²) in [6.45, 7) is 3.57. The number of aliphatic hydroxyl groups excluding tert-OH is 1. The van der Waals surface area contributed by atoms with E-state index in [2.05, 4.69) is 16.9 Å². The highest BCUT2D eigenvalue weighted by atomic mass is 35.5. The summed E-state index contributed by atoms with van der Waals surface area (Å²) < 4.78 is 0. The summed E-state index contributed by atoms with van der Waals surface area (Å²) in [4.78, 5) is 17.0. The zero-order valence-electron chi connectivity index (χ0n) is 13.1. The van der Waals surface area contributed by atoms with E-state index in [1.165, 1.54) is 0 Å². The molecule has 1 amide bonds. The van der Waals surface area contributed by atoms with Crippen LogP contribution in [0.3, 0.4) is 0 Å². The maximum Gasteiger partial charge on any atom is 0.258 e. The molecule has 0 spiro atoms. The predicted molar refractivity (Wildman–Crippen MR) is 102 cm³/mol. The van der Waals surface area contributed by atoms with E-state index in [1.54, 1.807) is 42.6 Å². The van der Waals surface area contributed by atoms with Gasteiger partial charge < -0.3 is 10.4 Å². The summed E-state index contributed by atoms with van der Waals surface area (Å²) in [6, 6.07) is 10.2. The Hall–Kier alpha value is -2.40. The van der Waals surface area contributed by atoms with Crippen LogP contribution >= 0.6 is 23.2 Å². The van der Waals surface area contributed by atoms with E-state index in [0.29, 0.717) is 16.8 Å². The van der Waals surface area contributed by atoms with Gasteiger partial charge >= 0.3 is 0 Å². The Labute approximate surface area is 154 Å². The Morgan fingerprint density at radius 3 is 2.52 bits per heavy atom. The first-order chi connectivity index (χ1) is 12.1. The van der Waals surface area contributed by atoms with Crippen molar-refractivity contribution in [2.75, 3.05) is 5.32 Å². The number of amides is 1. The van der Waals surface area contributed by atoms with Gasteiger partial charge in [-0.1, -0.05) is 54.1 Å². The van der Waals surface area contributed by atoms with Gasteiger partial charge in [0, 0.05) is 11.6 Å². The Morgan fingerprint density at radius 1 is 1.20 bits per heavy atom. The molecule has 2 aromatic carbocycles. The van der Waals surface area contributed by atoms with Crippen molar-refractivity contribution >= 4 is 51.8 Å². The van der Waals surface area contributed by atoms with E-state index in [1.807, 2.05) is 6.07 Å². The summed E-state index contributed by atoms with van der Waals surface area (Å²) in [5.41, 5.74) is 2.71. The van der Waals surface area contributed by atoms with Crippen LogP contribution in [0.25, 0.3) is 17.0 Å². The molecular formula is C19H14Cl2N2O2. The number of halogens is 2. The minimum atomic E-state index is -0.428. The molecule has 3 aromatic rings. The fraction of sp³-hybridized carbons (Fsp3) is 0.0526. The van der Waals surface area contributed by atoms with E-state index in [4.69, 9.17) is 23.2 Å². The van der Waals surface area contributed by atoms with Crippen molar-refractivity contribution < 1.29 is 9.90 Å². The quantitative estimate of drug-likeness (QED) is 0.682. The highest BCUT2D eigenvalue weighted by Crippen LogP contribution is 2.29.